The van der Waals surface area contributed by atoms with Gasteiger partial charge in [0.15, 0.2) is 0 Å². The van der Waals surface area contributed by atoms with Crippen molar-refractivity contribution in [3.8, 4) is 0 Å². The number of carbonyl (C=O) groups is 2. The molecule has 340 valence electrons. The number of carboxylic acids is 1. The Balaban J connectivity index is 0.000000241. The lowest BCUT2D eigenvalue weighted by Gasteiger charge is -2.32. The molecule has 2 unspecified atom stereocenters. The monoisotopic (exact) mass is 904 g/mol. The highest BCUT2D eigenvalue weighted by molar-refractivity contribution is 5.95. The third-order valence-corrected chi connectivity index (χ3v) is 9.75. The van der Waals surface area contributed by atoms with Gasteiger partial charge in [0.2, 0.25) is 0 Å². The zero-order valence-corrected chi connectivity index (χ0v) is 33.9. The normalized spacial score (nSPS) is 13.7. The maximum absolute atomic E-state index is 14.5. The summed E-state index contributed by atoms with van der Waals surface area (Å²) in [5, 5.41) is 32.0. The molecule has 2 heterocycles. The molecule has 1 N–H and O–H groups in total. The number of halogens is 6. The summed E-state index contributed by atoms with van der Waals surface area (Å²) in [6, 6.07) is 24.0. The highest BCUT2D eigenvalue weighted by atomic mass is 19.4. The number of nitro benzene ring substituents is 2. The van der Waals surface area contributed by atoms with Crippen LogP contribution in [0.25, 0.3) is 21.8 Å². The molecule has 2 aromatic heterocycles. The molecule has 0 spiro atoms. The van der Waals surface area contributed by atoms with Crippen molar-refractivity contribution < 1.29 is 74.6 Å². The summed E-state index contributed by atoms with van der Waals surface area (Å²) in [6.45, 7) is -0.588. The number of fused-ring (bicyclic) bond motifs is 2. The molecule has 4 aromatic carbocycles. The first kappa shape index (κ1) is 48.2. The number of hydrogen-bond donors (Lipinski definition) is 1. The van der Waals surface area contributed by atoms with E-state index in [-0.39, 0.29) is 52.9 Å². The Morgan fingerprint density at radius 1 is 0.641 bits per heavy atom. The molecule has 0 saturated carbocycles. The number of nitro groups is 2. The van der Waals surface area contributed by atoms with Gasteiger partial charge in [0.25, 0.3) is 22.6 Å². The molecule has 0 bridgehead atoms. The summed E-state index contributed by atoms with van der Waals surface area (Å²) >= 11 is 0. The third kappa shape index (κ3) is 9.54. The first-order valence-corrected chi connectivity index (χ1v) is 18.7. The lowest BCUT2D eigenvalue weighted by Crippen LogP contribution is -2.52. The number of aromatic nitrogens is 2. The topological polar surface area (TPSA) is 197 Å². The molecular formula is C42H38F6N4O12. The fourth-order valence-electron chi connectivity index (χ4n) is 6.91. The van der Waals surface area contributed by atoms with Gasteiger partial charge in [-0.25, -0.2) is 9.59 Å². The molecule has 6 aromatic rings. The van der Waals surface area contributed by atoms with Gasteiger partial charge in [-0.3, -0.25) is 20.2 Å². The van der Waals surface area contributed by atoms with Crippen molar-refractivity contribution in [2.75, 3.05) is 34.4 Å². The van der Waals surface area contributed by atoms with Crippen LogP contribution in [0.5, 0.6) is 0 Å². The standard InChI is InChI=1S/C22H21F3N2O6.C20H17F3N2O6/c1-3-32-20(28)21(22(23,24)25,33-14-31-2)18-13-26(12-15-7-5-4-6-8-15)19-11-16(27(29)30)9-10-17(18)19;1-30-12-31-19(18(26)27,20(21,22)23)16-11-24(10-13-5-3-2-4-6-13)17-9-14(25(28)29)7-8-15(16)17/h4-11,13H,3,12,14H2,1-2H3;2-9,11H,10,12H2,1H3,(H,26,27). The van der Waals surface area contributed by atoms with Crippen molar-refractivity contribution in [1.29, 1.82) is 0 Å². The number of benzene rings is 4. The molecule has 64 heavy (non-hydrogen) atoms. The molecule has 0 aliphatic heterocycles. The second kappa shape index (κ2) is 19.7. The number of carbonyl (C=O) groups excluding carboxylic acids is 1. The van der Waals surface area contributed by atoms with E-state index in [0.717, 1.165) is 62.5 Å². The van der Waals surface area contributed by atoms with Crippen LogP contribution in [-0.2, 0) is 57.6 Å². The van der Waals surface area contributed by atoms with Crippen molar-refractivity contribution in [3.63, 3.8) is 0 Å². The van der Waals surface area contributed by atoms with E-state index in [1.54, 1.807) is 60.7 Å². The maximum Gasteiger partial charge on any atom is 0.432 e. The fourth-order valence-corrected chi connectivity index (χ4v) is 6.91. The summed E-state index contributed by atoms with van der Waals surface area (Å²) in [6.07, 6.45) is -8.48. The fraction of sp³-hybridized carbons (Fsp3) is 0.286. The highest BCUT2D eigenvalue weighted by Crippen LogP contribution is 2.48. The molecular weight excluding hydrogens is 866 g/mol. The first-order valence-electron chi connectivity index (χ1n) is 18.7. The number of ether oxygens (including phenoxy) is 5. The van der Waals surface area contributed by atoms with Gasteiger partial charge in [-0.1, -0.05) is 60.7 Å². The van der Waals surface area contributed by atoms with Crippen LogP contribution in [-0.4, -0.2) is 82.8 Å². The number of alkyl halides is 6. The van der Waals surface area contributed by atoms with E-state index in [0.29, 0.717) is 5.56 Å². The van der Waals surface area contributed by atoms with Crippen LogP contribution in [0.2, 0.25) is 0 Å². The average Bonchev–Trinajstić information content (AvgIpc) is 3.78. The van der Waals surface area contributed by atoms with Crippen molar-refractivity contribution in [3.05, 3.63) is 152 Å². The number of non-ortho nitro benzene ring substituents is 2. The second-order valence-corrected chi connectivity index (χ2v) is 13.7. The predicted molar refractivity (Wildman–Crippen MR) is 214 cm³/mol. The smallest absolute Gasteiger partial charge is 0.432 e. The lowest BCUT2D eigenvalue weighted by atomic mass is 9.92. The maximum atomic E-state index is 14.5. The van der Waals surface area contributed by atoms with E-state index < -0.39 is 70.1 Å². The minimum atomic E-state index is -5.36. The summed E-state index contributed by atoms with van der Waals surface area (Å²) < 4.78 is 112. The van der Waals surface area contributed by atoms with Gasteiger partial charge in [0, 0.05) is 85.9 Å². The summed E-state index contributed by atoms with van der Waals surface area (Å²) in [5.41, 5.74) is -7.54. The Kier molecular flexibility index (Phi) is 14.8. The Labute approximate surface area is 358 Å². The molecule has 2 atom stereocenters. The molecule has 0 fully saturated rings. The lowest BCUT2D eigenvalue weighted by molar-refractivity contribution is -0.384. The molecule has 0 amide bonds. The minimum absolute atomic E-state index is 0.0435. The molecule has 6 rings (SSSR count). The molecule has 22 heteroatoms. The van der Waals surface area contributed by atoms with E-state index in [4.69, 9.17) is 14.2 Å². The van der Waals surface area contributed by atoms with Gasteiger partial charge in [-0.05, 0) is 30.2 Å². The quantitative estimate of drug-likeness (QED) is 0.0301. The van der Waals surface area contributed by atoms with Gasteiger partial charge in [-0.15, -0.1) is 0 Å². The Hall–Kier alpha value is -6.88. The molecule has 16 nitrogen and oxygen atoms in total. The van der Waals surface area contributed by atoms with Gasteiger partial charge < -0.3 is 37.9 Å². The SMILES string of the molecule is CCOC(=O)C(OCOC)(c1cn(Cc2ccccc2)c2cc([N+](=O)[O-])ccc12)C(F)(F)F.COCOC(C(=O)O)(c1cn(Cc2ccccc2)c2cc([N+](=O)[O-])ccc12)C(F)(F)F. The second-order valence-electron chi connectivity index (χ2n) is 13.7. The Morgan fingerprint density at radius 3 is 1.38 bits per heavy atom. The van der Waals surface area contributed by atoms with Crippen LogP contribution in [0.3, 0.4) is 0 Å². The van der Waals surface area contributed by atoms with E-state index in [1.807, 2.05) is 0 Å². The number of nitrogens with zero attached hydrogens (tertiary/aromatic N) is 4. The van der Waals surface area contributed by atoms with Crippen LogP contribution < -0.4 is 0 Å². The predicted octanol–water partition coefficient (Wildman–Crippen LogP) is 8.60. The number of hydrogen-bond acceptors (Lipinski definition) is 11. The van der Waals surface area contributed by atoms with Crippen LogP contribution in [0.1, 0.15) is 29.2 Å². The number of esters is 1. The van der Waals surface area contributed by atoms with Crippen LogP contribution in [0.4, 0.5) is 37.7 Å². The zero-order valence-electron chi connectivity index (χ0n) is 33.9. The first-order chi connectivity index (χ1) is 30.3. The largest absolute Gasteiger partial charge is 0.479 e. The van der Waals surface area contributed by atoms with Crippen LogP contribution >= 0.6 is 0 Å². The highest BCUT2D eigenvalue weighted by Gasteiger charge is 2.66. The van der Waals surface area contributed by atoms with Crippen molar-refractivity contribution >= 4 is 45.1 Å². The molecule has 0 saturated heterocycles. The Bertz CT molecular complexity index is 2620. The van der Waals surface area contributed by atoms with E-state index in [9.17, 15) is 61.3 Å². The van der Waals surface area contributed by atoms with Crippen molar-refractivity contribution in [2.24, 2.45) is 0 Å². The van der Waals surface area contributed by atoms with Crippen LogP contribution in [0.15, 0.2) is 109 Å². The number of methoxy groups -OCH3 is 2. The van der Waals surface area contributed by atoms with Gasteiger partial charge in [0.05, 0.1) is 27.5 Å². The van der Waals surface area contributed by atoms with Crippen molar-refractivity contribution in [1.82, 2.24) is 9.13 Å². The van der Waals surface area contributed by atoms with E-state index in [2.05, 4.69) is 9.47 Å². The summed E-state index contributed by atoms with van der Waals surface area (Å²) in [4.78, 5) is 45.9. The minimum Gasteiger partial charge on any atom is -0.479 e. The molecule has 0 aliphatic rings. The van der Waals surface area contributed by atoms with Gasteiger partial charge >= 0.3 is 24.3 Å². The summed E-state index contributed by atoms with van der Waals surface area (Å²) in [5.74, 6) is -3.94. The average molecular weight is 905 g/mol. The Morgan fingerprint density at radius 2 is 1.03 bits per heavy atom. The number of carboxylic acid groups (broad SMARTS) is 1. The van der Waals surface area contributed by atoms with Gasteiger partial charge in [-0.2, -0.15) is 26.3 Å². The third-order valence-electron chi connectivity index (χ3n) is 9.75. The zero-order chi connectivity index (χ0) is 47.0. The number of aliphatic carboxylic acids is 1. The molecule has 0 aliphatic carbocycles. The van der Waals surface area contributed by atoms with Crippen LogP contribution in [0, 0.1) is 20.2 Å². The number of rotatable bonds is 17. The van der Waals surface area contributed by atoms with E-state index >= 15 is 0 Å². The van der Waals surface area contributed by atoms with Crippen molar-refractivity contribution in [2.45, 2.75) is 43.6 Å². The molecule has 0 radical (unpaired) electrons. The van der Waals surface area contributed by atoms with Gasteiger partial charge in [0.1, 0.15) is 13.6 Å². The summed E-state index contributed by atoms with van der Waals surface area (Å²) in [7, 11) is 2.18. The van der Waals surface area contributed by atoms with E-state index in [1.165, 1.54) is 22.1 Å².